The zero-order chi connectivity index (χ0) is 80.8. The van der Waals surface area contributed by atoms with Gasteiger partial charge in [-0.3, -0.25) is 57.5 Å². The fourth-order valence-corrected chi connectivity index (χ4v) is 18.1. The zero-order valence-electron chi connectivity index (χ0n) is 65.2. The number of rotatable bonds is 12. The molecule has 13 atom stereocenters. The van der Waals surface area contributed by atoms with Gasteiger partial charge in [-0.2, -0.15) is 26.3 Å². The summed E-state index contributed by atoms with van der Waals surface area (Å²) in [6.07, 6.45) is -15.0. The van der Waals surface area contributed by atoms with Gasteiger partial charge in [0, 0.05) is 81.0 Å². The van der Waals surface area contributed by atoms with Gasteiger partial charge in [-0.1, -0.05) is 51.7 Å². The van der Waals surface area contributed by atoms with Crippen molar-refractivity contribution in [3.05, 3.63) is 11.6 Å². The van der Waals surface area contributed by atoms with E-state index >= 15 is 51.9 Å². The summed E-state index contributed by atoms with van der Waals surface area (Å²) in [6, 6.07) is -12.5. The van der Waals surface area contributed by atoms with Crippen molar-refractivity contribution in [3.63, 3.8) is 0 Å². The molecule has 4 aliphatic carbocycles. The summed E-state index contributed by atoms with van der Waals surface area (Å²) in [5.41, 5.74) is -1.10. The predicted octanol–water partition coefficient (Wildman–Crippen LogP) is 5.63. The van der Waals surface area contributed by atoms with Gasteiger partial charge >= 0.3 is 12.4 Å². The second-order valence-electron chi connectivity index (χ2n) is 32.4. The predicted molar refractivity (Wildman–Crippen MR) is 383 cm³/mol. The number of nitrogens with zero attached hydrogens (tertiary/aromatic N) is 9. The number of ether oxygens (including phenoxy) is 2. The lowest BCUT2D eigenvalue weighted by molar-refractivity contribution is -0.219. The summed E-state index contributed by atoms with van der Waals surface area (Å²) >= 11 is 0. The van der Waals surface area contributed by atoms with Crippen molar-refractivity contribution < 1.29 is 102 Å². The smallest absolute Gasteiger partial charge is 0.378 e. The van der Waals surface area contributed by atoms with Crippen LogP contribution in [0.5, 0.6) is 0 Å². The number of hydrogen-bond acceptors (Lipinski definition) is 14. The maximum atomic E-state index is 15.7. The van der Waals surface area contributed by atoms with Crippen LogP contribution in [0.1, 0.15) is 176 Å². The highest BCUT2D eigenvalue weighted by Gasteiger charge is 2.57. The molecule has 2 unspecified atom stereocenters. The molecular formula is C76H114F8N12O14. The summed E-state index contributed by atoms with van der Waals surface area (Å²) in [6.45, 7) is 7.77. The van der Waals surface area contributed by atoms with Crippen LogP contribution in [-0.4, -0.2) is 300 Å². The number of amides is 12. The van der Waals surface area contributed by atoms with Crippen LogP contribution < -0.4 is 16.0 Å². The molecule has 0 aromatic carbocycles. The Balaban J connectivity index is 1.11. The number of carbonyl (C=O) groups excluding carboxylic acids is 12. The van der Waals surface area contributed by atoms with E-state index in [1.807, 2.05) is 0 Å². The zero-order valence-corrected chi connectivity index (χ0v) is 65.2. The largest absolute Gasteiger partial charge is 0.397 e. The number of alkyl halides is 8. The van der Waals surface area contributed by atoms with Crippen molar-refractivity contribution in [1.82, 2.24) is 60.0 Å². The first-order valence-corrected chi connectivity index (χ1v) is 39.6. The van der Waals surface area contributed by atoms with Gasteiger partial charge in [0.25, 0.3) is 0 Å². The molecular weight excluding hydrogens is 1460 g/mol. The molecule has 9 rings (SSSR count). The van der Waals surface area contributed by atoms with E-state index in [9.17, 15) is 40.7 Å². The van der Waals surface area contributed by atoms with Crippen LogP contribution in [0.15, 0.2) is 11.6 Å². The highest BCUT2D eigenvalue weighted by molar-refractivity contribution is 6.01. The maximum Gasteiger partial charge on any atom is 0.397 e. The van der Waals surface area contributed by atoms with Crippen LogP contribution in [0.4, 0.5) is 35.1 Å². The highest BCUT2D eigenvalue weighted by Crippen LogP contribution is 2.46. The number of halogens is 8. The fraction of sp³-hybridized carbons (Fsp3) is 0.816. The van der Waals surface area contributed by atoms with Crippen LogP contribution in [0.25, 0.3) is 0 Å². The van der Waals surface area contributed by atoms with Crippen molar-refractivity contribution >= 4 is 70.9 Å². The van der Waals surface area contributed by atoms with Crippen LogP contribution >= 0.6 is 0 Å². The topological polar surface area (TPSA) is 289 Å². The van der Waals surface area contributed by atoms with Gasteiger partial charge in [-0.25, -0.2) is 8.78 Å². The monoisotopic (exact) mass is 1570 g/mol. The molecule has 8 fully saturated rings. The van der Waals surface area contributed by atoms with Crippen molar-refractivity contribution in [2.24, 2.45) is 35.5 Å². The second-order valence-corrected chi connectivity index (χ2v) is 32.4. The number of carbonyl (C=O) groups is 12. The van der Waals surface area contributed by atoms with E-state index in [0.717, 1.165) is 19.6 Å². The van der Waals surface area contributed by atoms with E-state index in [-0.39, 0.29) is 130 Å². The number of likely N-dealkylation sites (N-methyl/N-ethyl adjacent to an activating group) is 5. The van der Waals surface area contributed by atoms with Gasteiger partial charge in [-0.05, 0) is 147 Å². The van der Waals surface area contributed by atoms with Crippen molar-refractivity contribution in [1.29, 1.82) is 0 Å². The van der Waals surface area contributed by atoms with Gasteiger partial charge in [0.2, 0.25) is 70.9 Å². The number of hydrogen-bond donors (Lipinski definition) is 3. The number of fused-ring (bicyclic) bond motifs is 4. The van der Waals surface area contributed by atoms with E-state index in [2.05, 4.69) is 16.0 Å². The summed E-state index contributed by atoms with van der Waals surface area (Å²) < 4.78 is 127. The second kappa shape index (κ2) is 36.7. The van der Waals surface area contributed by atoms with Crippen LogP contribution in [0, 0.1) is 35.5 Å². The van der Waals surface area contributed by atoms with Crippen LogP contribution in [0.3, 0.4) is 0 Å². The SMILES string of the molecule is CCO[C@@H]1C[C@H]2C(=O)NC3(CCC3)C(=O)N(C)[C@@H](C3CCCC3)C(=O)N(C)[C@H](C(=O)N3CCOCC3)CC(=O)N(C)[C@@H](CC)C(=O)N[C@@H]([C@@H](C)CC)C(=O)N3CC[C@H]3C(=O)N(C)[C@H]3CC(C)=CCN(C3=O)[C@@H](CC3CCC(C(F)(F)F)CC3)C(=O)N(C)CC(=O)N[C@@H](CCC3CC(F)C(C(F)(F)F)C(F)C3)C(=O)N2C1. The Morgan fingerprint density at radius 1 is 0.636 bits per heavy atom. The summed E-state index contributed by atoms with van der Waals surface area (Å²) in [4.78, 5) is 194. The van der Waals surface area contributed by atoms with E-state index in [0.29, 0.717) is 44.1 Å². The Kier molecular flexibility index (Phi) is 28.9. The first-order valence-electron chi connectivity index (χ1n) is 39.6. The molecule has 2 bridgehead atoms. The molecule has 5 heterocycles. The maximum absolute atomic E-state index is 15.7. The van der Waals surface area contributed by atoms with Crippen molar-refractivity contribution in [2.75, 3.05) is 94.3 Å². The average Bonchev–Trinajstić information content (AvgIpc) is 1.11. The normalized spacial score (nSPS) is 33.2. The molecule has 110 heavy (non-hydrogen) atoms. The quantitative estimate of drug-likeness (QED) is 0.158. The molecule has 5 aliphatic heterocycles. The van der Waals surface area contributed by atoms with Gasteiger partial charge in [0.05, 0.1) is 38.2 Å². The Labute approximate surface area is 638 Å². The minimum absolute atomic E-state index is 0.00302. The number of nitrogens with one attached hydrogen (secondary N) is 3. The highest BCUT2D eigenvalue weighted by atomic mass is 19.4. The Hall–Kier alpha value is -7.26. The minimum Gasteiger partial charge on any atom is -0.378 e. The first-order chi connectivity index (χ1) is 51.9. The molecule has 4 saturated heterocycles. The van der Waals surface area contributed by atoms with Crippen LogP contribution in [0.2, 0.25) is 0 Å². The lowest BCUT2D eigenvalue weighted by Crippen LogP contribution is -2.68. The molecule has 26 nitrogen and oxygen atoms in total. The van der Waals surface area contributed by atoms with Crippen LogP contribution in [-0.2, 0) is 67.0 Å². The van der Waals surface area contributed by atoms with Gasteiger partial charge in [0.1, 0.15) is 78.2 Å². The third-order valence-corrected chi connectivity index (χ3v) is 25.4. The molecule has 0 aromatic rings. The Bertz CT molecular complexity index is 3370. The lowest BCUT2D eigenvalue weighted by Gasteiger charge is -2.47. The molecule has 9 aliphatic rings. The molecule has 12 amide bonds. The van der Waals surface area contributed by atoms with Gasteiger partial charge in [-0.15, -0.1) is 0 Å². The molecule has 34 heteroatoms. The minimum atomic E-state index is -5.22. The lowest BCUT2D eigenvalue weighted by atomic mass is 9.74. The molecule has 0 aromatic heterocycles. The average molecular weight is 1570 g/mol. The molecule has 3 N–H and O–H groups in total. The van der Waals surface area contributed by atoms with Gasteiger partial charge < -0.3 is 69.5 Å². The van der Waals surface area contributed by atoms with E-state index < -0.39 is 229 Å². The summed E-state index contributed by atoms with van der Waals surface area (Å²) in [5.74, 6) is -16.5. The fourth-order valence-electron chi connectivity index (χ4n) is 18.1. The van der Waals surface area contributed by atoms with Gasteiger partial charge in [0.15, 0.2) is 0 Å². The van der Waals surface area contributed by atoms with E-state index in [1.54, 1.807) is 40.7 Å². The third-order valence-electron chi connectivity index (χ3n) is 25.4. The van der Waals surface area contributed by atoms with E-state index in [1.165, 1.54) is 59.7 Å². The molecule has 4 saturated carbocycles. The summed E-state index contributed by atoms with van der Waals surface area (Å²) in [5, 5.41) is 8.45. The Morgan fingerprint density at radius 3 is 1.85 bits per heavy atom. The third kappa shape index (κ3) is 19.5. The van der Waals surface area contributed by atoms with Crippen molar-refractivity contribution in [3.8, 4) is 0 Å². The Morgan fingerprint density at radius 2 is 1.28 bits per heavy atom. The summed E-state index contributed by atoms with van der Waals surface area (Å²) in [7, 11) is 6.74. The molecule has 618 valence electrons. The first kappa shape index (κ1) is 86.7. The molecule has 1 spiro atoms. The van der Waals surface area contributed by atoms with E-state index in [4.69, 9.17) is 9.47 Å². The van der Waals surface area contributed by atoms with Crippen molar-refractivity contribution in [2.45, 2.75) is 267 Å². The molecule has 0 radical (unpaired) electrons. The number of morpholine rings is 1. The standard InChI is InChI=1S/C76H114F8N12O14/c1-11-44(5)62-71(106)94-30-26-54(94)68(103)90(8)56-35-43(4)25-29-95(70(56)105)58(38-45-19-22-48(23-20-45)75(79,80)81)67(102)88(6)42-59(97)85-52(24-21-46-36-50(77)61(51(78)37-46)76(82,83)84)66(101)96-41-49(110-13-3)39-55(96)65(100)87-74(27-16-28-74)73(108)92(10)63(47-17-14-15-18-47)72(107)91(9)57(69(104)93-31-33-109-34-32-93)40-60(98)89(7)53(12-2)64(99)86-62/h25,44-58,61-63H,11-24,26-42H2,1-10H3,(H,85,97)(H,86,99)(H,87,100)/t44-,45?,46?,48?,49+,50?,51?,52-,53-,54-,55-,56-,57-,58-,61?,62-,63-/m0/s1.